The minimum absolute atomic E-state index is 0.526. The van der Waals surface area contributed by atoms with Crippen LogP contribution in [0.1, 0.15) is 112 Å². The molecule has 5 unspecified atom stereocenters. The second-order valence-corrected chi connectivity index (χ2v) is 19.5. The fourth-order valence-corrected chi connectivity index (χ4v) is 15.2. The highest BCUT2D eigenvalue weighted by molar-refractivity contribution is 6.80. The average molecular weight is 431 g/mol. The molecule has 0 aromatic heterocycles. The summed E-state index contributed by atoms with van der Waals surface area (Å²) in [6.07, 6.45) is 18.7. The number of fused-ring (bicyclic) bond motifs is 1. The van der Waals surface area contributed by atoms with Gasteiger partial charge in [0, 0.05) is 0 Å². The molecule has 0 aromatic carbocycles. The molecular formula is C29H54Si. The summed E-state index contributed by atoms with van der Waals surface area (Å²) >= 11 is 0. The van der Waals surface area contributed by atoms with Crippen LogP contribution in [0.2, 0.25) is 24.2 Å². The summed E-state index contributed by atoms with van der Waals surface area (Å²) in [6.45, 7) is 18.3. The lowest BCUT2D eigenvalue weighted by Gasteiger charge is -2.48. The van der Waals surface area contributed by atoms with E-state index in [1.165, 1.54) is 25.7 Å². The van der Waals surface area contributed by atoms with Gasteiger partial charge in [-0.05, 0) is 96.4 Å². The molecule has 174 valence electrons. The van der Waals surface area contributed by atoms with E-state index in [-0.39, 0.29) is 0 Å². The summed E-state index contributed by atoms with van der Waals surface area (Å²) in [5.74, 6) is 7.30. The van der Waals surface area contributed by atoms with Gasteiger partial charge >= 0.3 is 0 Å². The third kappa shape index (κ3) is 4.36. The van der Waals surface area contributed by atoms with Gasteiger partial charge in [0.2, 0.25) is 0 Å². The Kier molecular flexibility index (Phi) is 6.91. The maximum absolute atomic E-state index is 2.85. The van der Waals surface area contributed by atoms with Gasteiger partial charge in [0.1, 0.15) is 0 Å². The second-order valence-electron chi connectivity index (χ2n) is 14.4. The van der Waals surface area contributed by atoms with E-state index in [2.05, 4.69) is 47.7 Å². The van der Waals surface area contributed by atoms with E-state index in [1.54, 1.807) is 51.4 Å². The largest absolute Gasteiger partial charge is 0.0689 e. The standard InChI is InChI=1S/C29H54Si/c1-20(2)26-19-27-24(21-15-17-22(18-16-21)29(3,4)5)13-10-14-25(27)28(26)30(6,7)23-11-8-9-12-23/h20-28H,8-19H2,1-7H3. The van der Waals surface area contributed by atoms with Crippen LogP contribution in [0.4, 0.5) is 0 Å². The van der Waals surface area contributed by atoms with Gasteiger partial charge in [0.05, 0.1) is 8.07 Å². The minimum atomic E-state index is -1.19. The molecular weight excluding hydrogens is 376 g/mol. The lowest BCUT2D eigenvalue weighted by atomic mass is 9.61. The van der Waals surface area contributed by atoms with E-state index in [1.807, 2.05) is 0 Å². The summed E-state index contributed by atoms with van der Waals surface area (Å²) in [4.78, 5) is 0. The van der Waals surface area contributed by atoms with E-state index in [4.69, 9.17) is 0 Å². The molecule has 0 spiro atoms. The molecule has 4 saturated carbocycles. The van der Waals surface area contributed by atoms with Crippen LogP contribution in [0, 0.1) is 46.8 Å². The molecule has 5 atom stereocenters. The van der Waals surface area contributed by atoms with E-state index in [0.29, 0.717) is 5.41 Å². The monoisotopic (exact) mass is 430 g/mol. The van der Waals surface area contributed by atoms with Crippen molar-refractivity contribution in [2.24, 2.45) is 46.8 Å². The van der Waals surface area contributed by atoms with Crippen molar-refractivity contribution in [1.29, 1.82) is 0 Å². The molecule has 4 aliphatic carbocycles. The number of hydrogen-bond acceptors (Lipinski definition) is 0. The smallest absolute Gasteiger partial charge is 0.0541 e. The first-order valence-electron chi connectivity index (χ1n) is 14.1. The van der Waals surface area contributed by atoms with Crippen molar-refractivity contribution in [3.63, 3.8) is 0 Å². The van der Waals surface area contributed by atoms with Crippen molar-refractivity contribution in [1.82, 2.24) is 0 Å². The van der Waals surface area contributed by atoms with Crippen molar-refractivity contribution in [2.45, 2.75) is 136 Å². The molecule has 4 fully saturated rings. The van der Waals surface area contributed by atoms with Crippen LogP contribution in [0.3, 0.4) is 0 Å². The lowest BCUT2D eigenvalue weighted by molar-refractivity contribution is 0.0636. The van der Waals surface area contributed by atoms with Gasteiger partial charge in [-0.1, -0.05) is 86.2 Å². The lowest BCUT2D eigenvalue weighted by Crippen LogP contribution is -2.44. The van der Waals surface area contributed by atoms with Crippen LogP contribution in [-0.2, 0) is 0 Å². The Hall–Kier alpha value is 0.217. The van der Waals surface area contributed by atoms with Gasteiger partial charge in [0.25, 0.3) is 0 Å². The fourth-order valence-electron chi connectivity index (χ4n) is 9.64. The Morgan fingerprint density at radius 1 is 0.700 bits per heavy atom. The van der Waals surface area contributed by atoms with Gasteiger partial charge in [-0.3, -0.25) is 0 Å². The summed E-state index contributed by atoms with van der Waals surface area (Å²) in [5.41, 5.74) is 2.81. The highest BCUT2D eigenvalue weighted by atomic mass is 28.3. The predicted octanol–water partition coefficient (Wildman–Crippen LogP) is 9.57. The second kappa shape index (κ2) is 8.87. The SMILES string of the molecule is CC(C)C1CC2C(C3CCC(C(C)(C)C)CC3)CCCC2C1[Si](C)(C)C1CCCC1. The Morgan fingerprint density at radius 2 is 1.30 bits per heavy atom. The van der Waals surface area contributed by atoms with Crippen molar-refractivity contribution < 1.29 is 0 Å². The van der Waals surface area contributed by atoms with Crippen LogP contribution in [-0.4, -0.2) is 8.07 Å². The quantitative estimate of drug-likeness (QED) is 0.389. The Balaban J connectivity index is 1.52. The molecule has 1 heteroatoms. The van der Waals surface area contributed by atoms with Gasteiger partial charge in [-0.2, -0.15) is 0 Å². The Labute approximate surface area is 190 Å². The zero-order chi connectivity index (χ0) is 21.7. The predicted molar refractivity (Wildman–Crippen MR) is 136 cm³/mol. The van der Waals surface area contributed by atoms with Crippen LogP contribution in [0.15, 0.2) is 0 Å². The van der Waals surface area contributed by atoms with Gasteiger partial charge in [-0.25, -0.2) is 0 Å². The maximum Gasteiger partial charge on any atom is 0.0541 e. The third-order valence-corrected chi connectivity index (χ3v) is 16.6. The number of hydrogen-bond donors (Lipinski definition) is 0. The summed E-state index contributed by atoms with van der Waals surface area (Å²) in [5, 5.41) is 0. The molecule has 0 nitrogen and oxygen atoms in total. The van der Waals surface area contributed by atoms with Gasteiger partial charge in [-0.15, -0.1) is 0 Å². The van der Waals surface area contributed by atoms with Crippen molar-refractivity contribution in [2.75, 3.05) is 0 Å². The Morgan fingerprint density at radius 3 is 1.87 bits per heavy atom. The van der Waals surface area contributed by atoms with E-state index in [9.17, 15) is 0 Å². The van der Waals surface area contributed by atoms with Gasteiger partial charge < -0.3 is 0 Å². The zero-order valence-corrected chi connectivity index (χ0v) is 22.7. The molecule has 0 bridgehead atoms. The molecule has 0 amide bonds. The molecule has 0 N–H and O–H groups in total. The molecule has 0 heterocycles. The zero-order valence-electron chi connectivity index (χ0n) is 21.7. The van der Waals surface area contributed by atoms with E-state index < -0.39 is 8.07 Å². The van der Waals surface area contributed by atoms with Crippen molar-refractivity contribution >= 4 is 8.07 Å². The maximum atomic E-state index is 2.85. The molecule has 0 saturated heterocycles. The van der Waals surface area contributed by atoms with Crippen molar-refractivity contribution in [3.05, 3.63) is 0 Å². The van der Waals surface area contributed by atoms with Crippen LogP contribution in [0.5, 0.6) is 0 Å². The van der Waals surface area contributed by atoms with E-state index >= 15 is 0 Å². The first kappa shape index (κ1) is 23.4. The summed E-state index contributed by atoms with van der Waals surface area (Å²) in [6, 6.07) is 0. The summed E-state index contributed by atoms with van der Waals surface area (Å²) < 4.78 is 0. The highest BCUT2D eigenvalue weighted by Crippen LogP contribution is 2.64. The minimum Gasteiger partial charge on any atom is -0.0689 e. The fraction of sp³-hybridized carbons (Fsp3) is 1.00. The normalized spacial score (nSPS) is 41.4. The third-order valence-electron chi connectivity index (χ3n) is 11.4. The molecule has 0 aromatic rings. The average Bonchev–Trinajstić information content (AvgIpc) is 3.35. The number of rotatable bonds is 4. The molecule has 4 aliphatic rings. The topological polar surface area (TPSA) is 0 Å². The first-order valence-corrected chi connectivity index (χ1v) is 17.3. The Bertz CT molecular complexity index is 555. The highest BCUT2D eigenvalue weighted by Gasteiger charge is 2.56. The van der Waals surface area contributed by atoms with Crippen LogP contribution in [0.25, 0.3) is 0 Å². The van der Waals surface area contributed by atoms with Gasteiger partial charge in [0.15, 0.2) is 0 Å². The van der Waals surface area contributed by atoms with Crippen LogP contribution < -0.4 is 0 Å². The first-order chi connectivity index (χ1) is 14.1. The molecule has 4 rings (SSSR count). The summed E-state index contributed by atoms with van der Waals surface area (Å²) in [7, 11) is -1.19. The molecule has 0 radical (unpaired) electrons. The van der Waals surface area contributed by atoms with Crippen molar-refractivity contribution in [3.8, 4) is 0 Å². The van der Waals surface area contributed by atoms with Crippen LogP contribution >= 0.6 is 0 Å². The molecule has 30 heavy (non-hydrogen) atoms. The van der Waals surface area contributed by atoms with E-state index in [0.717, 1.165) is 52.5 Å². The molecule has 0 aliphatic heterocycles.